The first-order chi connectivity index (χ1) is 16.4. The van der Waals surface area contributed by atoms with E-state index in [0.717, 1.165) is 25.7 Å². The van der Waals surface area contributed by atoms with Crippen molar-refractivity contribution < 1.29 is 24.5 Å². The maximum atomic E-state index is 11.9. The van der Waals surface area contributed by atoms with Crippen molar-refractivity contribution in [3.05, 3.63) is 12.2 Å². The highest BCUT2D eigenvalue weighted by atomic mass is 16.6. The molecule has 5 rings (SSSR count). The molecule has 5 aliphatic rings. The van der Waals surface area contributed by atoms with Crippen molar-refractivity contribution in [2.75, 3.05) is 6.61 Å². The second-order valence-corrected chi connectivity index (χ2v) is 13.7. The maximum Gasteiger partial charge on any atom is 0.302 e. The van der Waals surface area contributed by atoms with E-state index in [1.807, 2.05) is 0 Å². The predicted octanol–water partition coefficient (Wildman–Crippen LogP) is 5.28. The lowest BCUT2D eigenvalue weighted by Crippen LogP contribution is -2.65. The quantitative estimate of drug-likeness (QED) is 0.290. The second-order valence-electron chi connectivity index (χ2n) is 13.7. The summed E-state index contributed by atoms with van der Waals surface area (Å²) in [6, 6.07) is 0. The molecule has 5 fully saturated rings. The summed E-state index contributed by atoms with van der Waals surface area (Å²) in [5, 5.41) is 22.5. The van der Waals surface area contributed by atoms with Crippen molar-refractivity contribution in [3.63, 3.8) is 0 Å². The van der Waals surface area contributed by atoms with E-state index >= 15 is 0 Å². The summed E-state index contributed by atoms with van der Waals surface area (Å²) in [4.78, 5) is 11.9. The molecule has 0 bridgehead atoms. The van der Waals surface area contributed by atoms with Crippen LogP contribution in [0.5, 0.6) is 0 Å². The largest absolute Gasteiger partial charge is 0.465 e. The van der Waals surface area contributed by atoms with Gasteiger partial charge in [0.25, 0.3) is 0 Å². The van der Waals surface area contributed by atoms with E-state index in [-0.39, 0.29) is 34.9 Å². The molecule has 1 spiro atoms. The van der Waals surface area contributed by atoms with Crippen LogP contribution in [0.4, 0.5) is 0 Å². The van der Waals surface area contributed by atoms with Crippen LogP contribution in [0, 0.1) is 46.3 Å². The summed E-state index contributed by atoms with van der Waals surface area (Å²) in [6.07, 6.45) is 7.91. The molecule has 5 heteroatoms. The van der Waals surface area contributed by atoms with Crippen LogP contribution in [-0.2, 0) is 14.3 Å². The van der Waals surface area contributed by atoms with Crippen LogP contribution in [0.2, 0.25) is 0 Å². The average molecular weight is 489 g/mol. The Balaban J connectivity index is 1.41. The van der Waals surface area contributed by atoms with Gasteiger partial charge in [0.1, 0.15) is 12.2 Å². The zero-order valence-corrected chi connectivity index (χ0v) is 22.6. The van der Waals surface area contributed by atoms with Crippen molar-refractivity contribution >= 4 is 5.97 Å². The number of esters is 1. The molecular formula is C30H48O5. The number of carbonyl (C=O) groups excluding carboxylic acids is 1. The third kappa shape index (κ3) is 3.85. The molecule has 1 heterocycles. The molecule has 35 heavy (non-hydrogen) atoms. The first-order valence-corrected chi connectivity index (χ1v) is 14.3. The van der Waals surface area contributed by atoms with Crippen molar-refractivity contribution in [1.82, 2.24) is 0 Å². The molecule has 0 unspecified atom stereocenters. The van der Waals surface area contributed by atoms with E-state index in [1.54, 1.807) is 0 Å². The smallest absolute Gasteiger partial charge is 0.302 e. The van der Waals surface area contributed by atoms with Crippen LogP contribution in [-0.4, -0.2) is 46.7 Å². The lowest BCUT2D eigenvalue weighted by Gasteiger charge is -2.61. The Morgan fingerprint density at radius 1 is 1.17 bits per heavy atom. The predicted molar refractivity (Wildman–Crippen MR) is 135 cm³/mol. The number of hydrogen-bond acceptors (Lipinski definition) is 5. The summed E-state index contributed by atoms with van der Waals surface area (Å²) < 4.78 is 12.2. The molecule has 4 saturated carbocycles. The summed E-state index contributed by atoms with van der Waals surface area (Å²) >= 11 is 0. The Bertz CT molecular complexity index is 854. The van der Waals surface area contributed by atoms with Crippen LogP contribution >= 0.6 is 0 Å². The van der Waals surface area contributed by atoms with Crippen LogP contribution < -0.4 is 0 Å². The van der Waals surface area contributed by atoms with E-state index in [4.69, 9.17) is 9.47 Å². The molecule has 0 amide bonds. The number of ether oxygens (including phenoxy) is 2. The minimum Gasteiger partial charge on any atom is -0.465 e. The van der Waals surface area contributed by atoms with E-state index in [2.05, 4.69) is 34.3 Å². The van der Waals surface area contributed by atoms with Crippen molar-refractivity contribution in [3.8, 4) is 0 Å². The van der Waals surface area contributed by atoms with Crippen LogP contribution in [0.15, 0.2) is 12.2 Å². The number of fused-ring (bicyclic) bond motifs is 4. The van der Waals surface area contributed by atoms with Crippen molar-refractivity contribution in [1.29, 1.82) is 0 Å². The van der Waals surface area contributed by atoms with Gasteiger partial charge in [-0.05, 0) is 92.3 Å². The highest BCUT2D eigenvalue weighted by Gasteiger charge is 2.79. The molecule has 1 aliphatic heterocycles. The third-order valence-corrected chi connectivity index (χ3v) is 11.7. The van der Waals surface area contributed by atoms with Gasteiger partial charge in [-0.25, -0.2) is 0 Å². The number of allylic oxidation sites excluding steroid dienone is 1. The van der Waals surface area contributed by atoms with E-state index < -0.39 is 11.7 Å². The lowest BCUT2D eigenvalue weighted by atomic mass is 9.43. The van der Waals surface area contributed by atoms with Gasteiger partial charge in [-0.2, -0.15) is 0 Å². The van der Waals surface area contributed by atoms with Crippen LogP contribution in [0.25, 0.3) is 0 Å². The number of aliphatic hydroxyl groups excluding tert-OH is 2. The molecule has 1 saturated heterocycles. The number of epoxide rings is 1. The summed E-state index contributed by atoms with van der Waals surface area (Å²) in [6.45, 7) is 15.4. The Labute approximate surface area is 212 Å². The molecule has 4 aliphatic carbocycles. The maximum absolute atomic E-state index is 11.9. The van der Waals surface area contributed by atoms with E-state index in [1.165, 1.54) is 31.8 Å². The minimum atomic E-state index is -0.432. The van der Waals surface area contributed by atoms with Crippen LogP contribution in [0.1, 0.15) is 92.4 Å². The summed E-state index contributed by atoms with van der Waals surface area (Å²) in [5.41, 5.74) is 0.663. The summed E-state index contributed by atoms with van der Waals surface area (Å²) in [7, 11) is 0. The molecule has 5 nitrogen and oxygen atoms in total. The fourth-order valence-electron chi connectivity index (χ4n) is 9.92. The second kappa shape index (κ2) is 8.84. The van der Waals surface area contributed by atoms with Gasteiger partial charge < -0.3 is 19.7 Å². The normalized spacial score (nSPS) is 48.9. The average Bonchev–Trinajstić information content (AvgIpc) is 3.36. The highest BCUT2D eigenvalue weighted by Crippen LogP contribution is 2.74. The Morgan fingerprint density at radius 2 is 1.91 bits per heavy atom. The number of carbonyl (C=O) groups is 1. The molecular weight excluding hydrogens is 440 g/mol. The SMILES string of the molecule is C=C(CC[C@@H](C)[C@H]1CC[C@H]2[C@@H]3C[C@H]4O[C@]45C[C@@H](O)CC[C@]5(COC(C)=O)[C@H]3[C@H](O)C[C@]12C)C(C)C. The number of aliphatic hydroxyl groups is 2. The molecule has 0 aromatic carbocycles. The zero-order valence-electron chi connectivity index (χ0n) is 22.6. The van der Waals surface area contributed by atoms with Gasteiger partial charge in [-0.1, -0.05) is 39.8 Å². The summed E-state index contributed by atoms with van der Waals surface area (Å²) in [5.74, 6) is 2.53. The molecule has 0 radical (unpaired) electrons. The number of hydrogen-bond donors (Lipinski definition) is 2. The fourth-order valence-corrected chi connectivity index (χ4v) is 9.92. The van der Waals surface area contributed by atoms with Gasteiger partial charge in [0, 0.05) is 18.8 Å². The topological polar surface area (TPSA) is 79.3 Å². The first-order valence-electron chi connectivity index (χ1n) is 14.3. The Morgan fingerprint density at radius 3 is 2.60 bits per heavy atom. The third-order valence-electron chi connectivity index (χ3n) is 11.7. The standard InChI is InChI=1S/C30H48O5/c1-17(2)18(3)7-8-19(4)23-9-10-24-22-13-26-30(35-26)14-21(32)11-12-29(30,16-34-20(5)31)27(22)25(33)15-28(23,24)6/h17,19,21-27,32-33H,3,7-16H2,1-2,4-6H3/t19-,21+,22+,23-,24+,25-,26-,27-,28-,29+,30-/m1/s1. The van der Waals surface area contributed by atoms with Gasteiger partial charge in [0.15, 0.2) is 0 Å². The molecule has 0 aromatic heterocycles. The van der Waals surface area contributed by atoms with Gasteiger partial charge in [-0.15, -0.1) is 0 Å². The first kappa shape index (κ1) is 25.7. The van der Waals surface area contributed by atoms with Crippen molar-refractivity contribution in [2.45, 2.75) is 116 Å². The number of rotatable bonds is 7. The van der Waals surface area contributed by atoms with Gasteiger partial charge in [0.05, 0.1) is 18.3 Å². The van der Waals surface area contributed by atoms with E-state index in [0.29, 0.717) is 49.0 Å². The van der Waals surface area contributed by atoms with Crippen LogP contribution in [0.3, 0.4) is 0 Å². The molecule has 2 N–H and O–H groups in total. The van der Waals surface area contributed by atoms with Gasteiger partial charge in [0.2, 0.25) is 0 Å². The fraction of sp³-hybridized carbons (Fsp3) is 0.900. The molecule has 198 valence electrons. The highest BCUT2D eigenvalue weighted by molar-refractivity contribution is 5.66. The van der Waals surface area contributed by atoms with Crippen molar-refractivity contribution in [2.24, 2.45) is 46.3 Å². The van der Waals surface area contributed by atoms with E-state index in [9.17, 15) is 15.0 Å². The Kier molecular flexibility index (Phi) is 6.50. The monoisotopic (exact) mass is 488 g/mol. The Hall–Kier alpha value is -0.910. The van der Waals surface area contributed by atoms with Gasteiger partial charge in [-0.3, -0.25) is 4.79 Å². The van der Waals surface area contributed by atoms with Gasteiger partial charge >= 0.3 is 5.97 Å². The molecule has 0 aromatic rings. The molecule has 11 atom stereocenters. The zero-order chi connectivity index (χ0) is 25.3. The minimum absolute atomic E-state index is 0.0703. The lowest BCUT2D eigenvalue weighted by molar-refractivity contribution is -0.197.